The van der Waals surface area contributed by atoms with Crippen molar-refractivity contribution in [1.29, 1.82) is 0 Å². The number of hydrogen-bond donors (Lipinski definition) is 2. The Bertz CT molecular complexity index is 432. The summed E-state index contributed by atoms with van der Waals surface area (Å²) in [4.78, 5) is 21.7. The van der Waals surface area contributed by atoms with Gasteiger partial charge in [-0.05, 0) is 18.9 Å². The van der Waals surface area contributed by atoms with Gasteiger partial charge in [0.05, 0.1) is 12.1 Å². The van der Waals surface area contributed by atoms with Crippen LogP contribution in [0.3, 0.4) is 0 Å². The molecule has 0 aliphatic heterocycles. The summed E-state index contributed by atoms with van der Waals surface area (Å²) < 4.78 is 0. The molecule has 1 aliphatic rings. The fourth-order valence-electron chi connectivity index (χ4n) is 2.48. The number of amides is 1. The maximum Gasteiger partial charge on any atom is 0.239 e. The zero-order chi connectivity index (χ0) is 14.4. The number of hydrogen-bond acceptors (Lipinski definition) is 5. The molecule has 1 aromatic heterocycles. The maximum atomic E-state index is 11.9. The molecule has 1 heterocycles. The number of aromatic nitrogens is 2. The van der Waals surface area contributed by atoms with Gasteiger partial charge in [0.15, 0.2) is 0 Å². The van der Waals surface area contributed by atoms with Crippen LogP contribution >= 0.6 is 0 Å². The van der Waals surface area contributed by atoms with Crippen LogP contribution in [-0.2, 0) is 4.79 Å². The largest absolute Gasteiger partial charge is 0.388 e. The topological polar surface area (TPSA) is 78.4 Å². The highest BCUT2D eigenvalue weighted by molar-refractivity contribution is 5.80. The number of likely N-dealkylation sites (N-methyl/N-ethyl adjacent to an activating group) is 1. The van der Waals surface area contributed by atoms with Crippen molar-refractivity contribution < 1.29 is 9.90 Å². The molecule has 0 atom stereocenters. The van der Waals surface area contributed by atoms with Crippen molar-refractivity contribution in [3.63, 3.8) is 0 Å². The molecule has 0 unspecified atom stereocenters. The van der Waals surface area contributed by atoms with Crippen LogP contribution in [0.25, 0.3) is 0 Å². The molecular weight excluding hydrogens is 256 g/mol. The maximum absolute atomic E-state index is 11.9. The van der Waals surface area contributed by atoms with Gasteiger partial charge in [-0.25, -0.2) is 9.97 Å². The molecule has 0 saturated heterocycles. The quantitative estimate of drug-likeness (QED) is 0.830. The minimum atomic E-state index is -0.726. The van der Waals surface area contributed by atoms with Gasteiger partial charge in [0, 0.05) is 26.0 Å². The van der Waals surface area contributed by atoms with E-state index >= 15 is 0 Å². The first kappa shape index (κ1) is 14.7. The van der Waals surface area contributed by atoms with Crippen molar-refractivity contribution in [3.8, 4) is 0 Å². The van der Waals surface area contributed by atoms with E-state index in [1.54, 1.807) is 30.4 Å². The van der Waals surface area contributed by atoms with Crippen molar-refractivity contribution >= 4 is 11.9 Å². The SMILES string of the molecule is CN(CC(=O)NCC1(O)CCCCC1)c1ncccn1. The fraction of sp³-hybridized carbons (Fsp3) is 0.643. The van der Waals surface area contributed by atoms with Gasteiger partial charge in [0.2, 0.25) is 11.9 Å². The zero-order valence-corrected chi connectivity index (χ0v) is 11.9. The summed E-state index contributed by atoms with van der Waals surface area (Å²) in [5.41, 5.74) is -0.726. The van der Waals surface area contributed by atoms with Crippen molar-refractivity contribution in [1.82, 2.24) is 15.3 Å². The van der Waals surface area contributed by atoms with Gasteiger partial charge < -0.3 is 15.3 Å². The van der Waals surface area contributed by atoms with Gasteiger partial charge in [-0.2, -0.15) is 0 Å². The molecule has 0 aromatic carbocycles. The molecule has 1 saturated carbocycles. The predicted molar refractivity (Wildman–Crippen MR) is 76.3 cm³/mol. The second-order valence-electron chi connectivity index (χ2n) is 5.47. The van der Waals surface area contributed by atoms with Gasteiger partial charge in [-0.15, -0.1) is 0 Å². The lowest BCUT2D eigenvalue weighted by Crippen LogP contribution is -2.46. The fourth-order valence-corrected chi connectivity index (χ4v) is 2.48. The third-order valence-corrected chi connectivity index (χ3v) is 3.67. The summed E-state index contributed by atoms with van der Waals surface area (Å²) in [6.07, 6.45) is 8.05. The molecule has 20 heavy (non-hydrogen) atoms. The highest BCUT2D eigenvalue weighted by atomic mass is 16.3. The van der Waals surface area contributed by atoms with Crippen LogP contribution in [-0.4, -0.2) is 46.7 Å². The lowest BCUT2D eigenvalue weighted by atomic mass is 9.85. The van der Waals surface area contributed by atoms with E-state index in [4.69, 9.17) is 0 Å². The smallest absolute Gasteiger partial charge is 0.239 e. The Morgan fingerprint density at radius 2 is 2.00 bits per heavy atom. The molecule has 0 radical (unpaired) electrons. The minimum Gasteiger partial charge on any atom is -0.388 e. The van der Waals surface area contributed by atoms with E-state index in [0.717, 1.165) is 25.7 Å². The van der Waals surface area contributed by atoms with E-state index in [2.05, 4.69) is 15.3 Å². The third kappa shape index (κ3) is 4.16. The van der Waals surface area contributed by atoms with Crippen LogP contribution < -0.4 is 10.2 Å². The Hall–Kier alpha value is -1.69. The molecule has 0 spiro atoms. The van der Waals surface area contributed by atoms with Gasteiger partial charge >= 0.3 is 0 Å². The summed E-state index contributed by atoms with van der Waals surface area (Å²) in [6.45, 7) is 0.509. The molecule has 6 heteroatoms. The molecule has 1 aromatic rings. The average molecular weight is 278 g/mol. The van der Waals surface area contributed by atoms with Crippen LogP contribution in [0.1, 0.15) is 32.1 Å². The van der Waals surface area contributed by atoms with Crippen LogP contribution in [0.4, 0.5) is 5.95 Å². The van der Waals surface area contributed by atoms with Gasteiger partial charge in [0.25, 0.3) is 0 Å². The number of rotatable bonds is 5. The van der Waals surface area contributed by atoms with Crippen LogP contribution in [0.15, 0.2) is 18.5 Å². The Morgan fingerprint density at radius 1 is 1.35 bits per heavy atom. The minimum absolute atomic E-state index is 0.126. The number of aliphatic hydroxyl groups is 1. The molecule has 1 amide bonds. The molecular formula is C14H22N4O2. The summed E-state index contributed by atoms with van der Waals surface area (Å²) in [5.74, 6) is 0.387. The number of carbonyl (C=O) groups excluding carboxylic acids is 1. The lowest BCUT2D eigenvalue weighted by molar-refractivity contribution is -0.121. The number of anilines is 1. The van der Waals surface area contributed by atoms with E-state index in [1.807, 2.05) is 0 Å². The normalized spacial score (nSPS) is 17.5. The number of carbonyl (C=O) groups is 1. The first-order valence-electron chi connectivity index (χ1n) is 7.06. The average Bonchev–Trinajstić information content (AvgIpc) is 2.47. The Morgan fingerprint density at radius 3 is 2.65 bits per heavy atom. The first-order chi connectivity index (χ1) is 9.59. The van der Waals surface area contributed by atoms with E-state index < -0.39 is 5.60 Å². The molecule has 110 valence electrons. The number of nitrogens with zero attached hydrogens (tertiary/aromatic N) is 3. The molecule has 2 rings (SSSR count). The van der Waals surface area contributed by atoms with Gasteiger partial charge in [-0.1, -0.05) is 19.3 Å². The summed E-state index contributed by atoms with van der Waals surface area (Å²) in [5, 5.41) is 13.1. The molecule has 2 N–H and O–H groups in total. The van der Waals surface area contributed by atoms with Crippen molar-refractivity contribution in [2.24, 2.45) is 0 Å². The second kappa shape index (κ2) is 6.65. The Balaban J connectivity index is 1.78. The van der Waals surface area contributed by atoms with E-state index in [0.29, 0.717) is 12.5 Å². The predicted octanol–water partition coefficient (Wildman–Crippen LogP) is 0.724. The summed E-state index contributed by atoms with van der Waals surface area (Å²) in [6, 6.07) is 1.73. The van der Waals surface area contributed by atoms with Gasteiger partial charge in [0.1, 0.15) is 0 Å². The Kier molecular flexibility index (Phi) is 4.89. The van der Waals surface area contributed by atoms with Crippen molar-refractivity contribution in [2.75, 3.05) is 25.0 Å². The summed E-state index contributed by atoms with van der Waals surface area (Å²) in [7, 11) is 1.77. The van der Waals surface area contributed by atoms with Crippen LogP contribution in [0.2, 0.25) is 0 Å². The highest BCUT2D eigenvalue weighted by Gasteiger charge is 2.29. The van der Waals surface area contributed by atoms with Crippen molar-refractivity contribution in [2.45, 2.75) is 37.7 Å². The standard InChI is InChI=1S/C14H22N4O2/c1-18(13-15-8-5-9-16-13)10-12(19)17-11-14(20)6-3-2-4-7-14/h5,8-9,20H,2-4,6-7,10-11H2,1H3,(H,17,19). The Labute approximate surface area is 119 Å². The molecule has 6 nitrogen and oxygen atoms in total. The van der Waals surface area contributed by atoms with Crippen molar-refractivity contribution in [3.05, 3.63) is 18.5 Å². The van der Waals surface area contributed by atoms with Gasteiger partial charge in [-0.3, -0.25) is 4.79 Å². The first-order valence-corrected chi connectivity index (χ1v) is 7.06. The van der Waals surface area contributed by atoms with E-state index in [9.17, 15) is 9.90 Å². The monoisotopic (exact) mass is 278 g/mol. The van der Waals surface area contributed by atoms with Crippen LogP contribution in [0.5, 0.6) is 0 Å². The molecule has 1 aliphatic carbocycles. The number of nitrogens with one attached hydrogen (secondary N) is 1. The zero-order valence-electron chi connectivity index (χ0n) is 11.9. The van der Waals surface area contributed by atoms with Crippen LogP contribution in [0, 0.1) is 0 Å². The second-order valence-corrected chi connectivity index (χ2v) is 5.47. The molecule has 0 bridgehead atoms. The summed E-state index contributed by atoms with van der Waals surface area (Å²) >= 11 is 0. The van der Waals surface area contributed by atoms with E-state index in [1.165, 1.54) is 6.42 Å². The molecule has 1 fully saturated rings. The van der Waals surface area contributed by atoms with E-state index in [-0.39, 0.29) is 12.5 Å². The third-order valence-electron chi connectivity index (χ3n) is 3.67. The lowest BCUT2D eigenvalue weighted by Gasteiger charge is -2.32. The highest BCUT2D eigenvalue weighted by Crippen LogP contribution is 2.27.